The van der Waals surface area contributed by atoms with E-state index in [1.54, 1.807) is 60.7 Å². The molecule has 0 aromatic heterocycles. The maximum Gasteiger partial charge on any atom is 0.255 e. The number of rotatable bonds is 5. The van der Waals surface area contributed by atoms with E-state index in [2.05, 4.69) is 5.32 Å². The van der Waals surface area contributed by atoms with Gasteiger partial charge in [-0.1, -0.05) is 83.9 Å². The lowest BCUT2D eigenvalue weighted by Crippen LogP contribution is -2.29. The van der Waals surface area contributed by atoms with Crippen molar-refractivity contribution in [2.45, 2.75) is 0 Å². The lowest BCUT2D eigenvalue weighted by atomic mass is 10.2. The van der Waals surface area contributed by atoms with Crippen LogP contribution < -0.4 is 15.9 Å². The number of amides is 1. The number of hydrogen-bond acceptors (Lipinski definition) is 2. The van der Waals surface area contributed by atoms with Crippen molar-refractivity contribution in [1.29, 1.82) is 0 Å². The fourth-order valence-electron chi connectivity index (χ4n) is 2.71. The molecule has 0 bridgehead atoms. The zero-order valence-electron chi connectivity index (χ0n) is 14.5. The summed E-state index contributed by atoms with van der Waals surface area (Å²) in [6, 6.07) is 22.3. The smallest absolute Gasteiger partial charge is 0.255 e. The highest BCUT2D eigenvalue weighted by atomic mass is 35.5. The van der Waals surface area contributed by atoms with E-state index in [9.17, 15) is 13.8 Å². The number of carbonyl (C=O) groups is 1. The summed E-state index contributed by atoms with van der Waals surface area (Å²) in [7, 11) is -3.56. The van der Waals surface area contributed by atoms with Crippen molar-refractivity contribution in [1.82, 2.24) is 5.32 Å². The number of hydrogen-bond donors (Lipinski definition) is 1. The van der Waals surface area contributed by atoms with Crippen molar-refractivity contribution >= 4 is 46.9 Å². The molecular formula is C21H15Cl2FNO2P. The minimum atomic E-state index is -3.56. The van der Waals surface area contributed by atoms with Gasteiger partial charge in [-0.3, -0.25) is 4.79 Å². The SMILES string of the molecule is O=C(NC(=C(Cl)Cl)P(=O)(c1ccccc1)c1ccccc1)c1ccc(F)cc1. The van der Waals surface area contributed by atoms with Crippen LogP contribution in [0.15, 0.2) is 94.9 Å². The summed E-state index contributed by atoms with van der Waals surface area (Å²) in [5, 5.41) is 3.52. The van der Waals surface area contributed by atoms with Crippen molar-refractivity contribution in [3.63, 3.8) is 0 Å². The highest BCUT2D eigenvalue weighted by molar-refractivity contribution is 7.82. The molecule has 3 aromatic rings. The summed E-state index contributed by atoms with van der Waals surface area (Å²) >= 11 is 12.2. The molecule has 0 spiro atoms. The second kappa shape index (κ2) is 8.74. The Hall–Kier alpha value is -2.39. The van der Waals surface area contributed by atoms with Gasteiger partial charge in [0.15, 0.2) is 7.14 Å². The van der Waals surface area contributed by atoms with Crippen LogP contribution in [-0.4, -0.2) is 5.91 Å². The molecule has 142 valence electrons. The number of carbonyl (C=O) groups excluding carboxylic acids is 1. The van der Waals surface area contributed by atoms with Crippen LogP contribution >= 0.6 is 30.3 Å². The van der Waals surface area contributed by atoms with E-state index in [4.69, 9.17) is 23.2 Å². The summed E-state index contributed by atoms with van der Waals surface area (Å²) in [4.78, 5) is 12.7. The molecule has 0 fully saturated rings. The molecule has 1 amide bonds. The van der Waals surface area contributed by atoms with Gasteiger partial charge < -0.3 is 9.88 Å². The van der Waals surface area contributed by atoms with Gasteiger partial charge in [0.1, 0.15) is 15.7 Å². The Morgan fingerprint density at radius 3 is 1.68 bits per heavy atom. The van der Waals surface area contributed by atoms with Gasteiger partial charge in [-0.25, -0.2) is 4.39 Å². The largest absolute Gasteiger partial charge is 0.317 e. The Balaban J connectivity index is 2.11. The normalized spacial score (nSPS) is 11.0. The lowest BCUT2D eigenvalue weighted by molar-refractivity contribution is 0.0968. The minimum Gasteiger partial charge on any atom is -0.317 e. The van der Waals surface area contributed by atoms with Crippen molar-refractivity contribution in [3.8, 4) is 0 Å². The van der Waals surface area contributed by atoms with Crippen LogP contribution in [0.25, 0.3) is 0 Å². The van der Waals surface area contributed by atoms with Crippen LogP contribution in [0.3, 0.4) is 0 Å². The Morgan fingerprint density at radius 1 is 0.786 bits per heavy atom. The van der Waals surface area contributed by atoms with E-state index in [1.165, 1.54) is 12.1 Å². The van der Waals surface area contributed by atoms with Gasteiger partial charge in [0, 0.05) is 16.2 Å². The zero-order valence-corrected chi connectivity index (χ0v) is 16.9. The number of halogens is 3. The molecule has 1 N–H and O–H groups in total. The molecule has 0 aliphatic rings. The van der Waals surface area contributed by atoms with Crippen LogP contribution in [0.2, 0.25) is 0 Å². The Kier molecular flexibility index (Phi) is 6.35. The van der Waals surface area contributed by atoms with Crippen molar-refractivity contribution in [2.24, 2.45) is 0 Å². The van der Waals surface area contributed by atoms with Crippen LogP contribution in [0.1, 0.15) is 10.4 Å². The molecule has 0 unspecified atom stereocenters. The second-order valence-electron chi connectivity index (χ2n) is 5.85. The Morgan fingerprint density at radius 2 is 1.25 bits per heavy atom. The third-order valence-electron chi connectivity index (χ3n) is 4.07. The molecule has 0 saturated carbocycles. The van der Waals surface area contributed by atoms with E-state index in [1.807, 2.05) is 0 Å². The first-order valence-electron chi connectivity index (χ1n) is 8.27. The first kappa shape index (κ1) is 20.3. The summed E-state index contributed by atoms with van der Waals surface area (Å²) in [5.41, 5.74) is 0.0868. The van der Waals surface area contributed by atoms with Crippen LogP contribution in [0.5, 0.6) is 0 Å². The fourth-order valence-corrected chi connectivity index (χ4v) is 6.01. The topological polar surface area (TPSA) is 46.2 Å². The predicted octanol–water partition coefficient (Wildman–Crippen LogP) is 5.17. The van der Waals surface area contributed by atoms with Crippen LogP contribution in [0.4, 0.5) is 4.39 Å². The minimum absolute atomic E-state index is 0.0949. The molecule has 3 aromatic carbocycles. The fraction of sp³-hybridized carbons (Fsp3) is 0. The number of benzene rings is 3. The Labute approximate surface area is 172 Å². The van der Waals surface area contributed by atoms with Gasteiger partial charge in [-0.2, -0.15) is 0 Å². The van der Waals surface area contributed by atoms with Crippen molar-refractivity contribution < 1.29 is 13.8 Å². The monoisotopic (exact) mass is 433 g/mol. The van der Waals surface area contributed by atoms with Crippen molar-refractivity contribution in [2.75, 3.05) is 0 Å². The van der Waals surface area contributed by atoms with Crippen molar-refractivity contribution in [3.05, 3.63) is 106 Å². The third kappa shape index (κ3) is 4.20. The second-order valence-corrected chi connectivity index (χ2v) is 9.50. The number of nitrogens with one attached hydrogen (secondary N) is 1. The molecule has 0 radical (unpaired) electrons. The molecule has 28 heavy (non-hydrogen) atoms. The van der Waals surface area contributed by atoms with E-state index in [-0.39, 0.29) is 15.5 Å². The first-order chi connectivity index (χ1) is 13.4. The first-order valence-corrected chi connectivity index (χ1v) is 10.7. The van der Waals surface area contributed by atoms with E-state index in [0.717, 1.165) is 12.1 Å². The van der Waals surface area contributed by atoms with Gasteiger partial charge in [0.2, 0.25) is 0 Å². The van der Waals surface area contributed by atoms with Gasteiger partial charge >= 0.3 is 0 Å². The van der Waals surface area contributed by atoms with E-state index < -0.39 is 18.9 Å². The molecule has 0 aliphatic heterocycles. The lowest BCUT2D eigenvalue weighted by Gasteiger charge is -2.23. The molecular weight excluding hydrogens is 419 g/mol. The van der Waals surface area contributed by atoms with Crippen LogP contribution in [-0.2, 0) is 4.57 Å². The maximum absolute atomic E-state index is 14.3. The Bertz CT molecular complexity index is 1010. The average Bonchev–Trinajstić information content (AvgIpc) is 2.73. The zero-order chi connectivity index (χ0) is 20.1. The summed E-state index contributed by atoms with van der Waals surface area (Å²) in [5.74, 6) is -1.07. The predicted molar refractivity (Wildman–Crippen MR) is 112 cm³/mol. The quantitative estimate of drug-likeness (QED) is 0.563. The van der Waals surface area contributed by atoms with E-state index in [0.29, 0.717) is 10.6 Å². The highest BCUT2D eigenvalue weighted by Gasteiger charge is 2.35. The molecule has 0 heterocycles. The molecule has 0 aliphatic carbocycles. The summed E-state index contributed by atoms with van der Waals surface area (Å²) in [6.45, 7) is 0. The molecule has 3 rings (SSSR count). The molecule has 0 atom stereocenters. The third-order valence-corrected chi connectivity index (χ3v) is 7.73. The van der Waals surface area contributed by atoms with Gasteiger partial charge in [-0.15, -0.1) is 0 Å². The maximum atomic E-state index is 14.3. The molecule has 0 saturated heterocycles. The van der Waals surface area contributed by atoms with Gasteiger partial charge in [0.25, 0.3) is 5.91 Å². The summed E-state index contributed by atoms with van der Waals surface area (Å²) in [6.07, 6.45) is 0. The molecule has 7 heteroatoms. The van der Waals surface area contributed by atoms with E-state index >= 15 is 0 Å². The molecule has 3 nitrogen and oxygen atoms in total. The van der Waals surface area contributed by atoms with Gasteiger partial charge in [0.05, 0.1) is 0 Å². The van der Waals surface area contributed by atoms with Crippen LogP contribution in [0, 0.1) is 5.82 Å². The van der Waals surface area contributed by atoms with Gasteiger partial charge in [-0.05, 0) is 24.3 Å². The highest BCUT2D eigenvalue weighted by Crippen LogP contribution is 2.52. The standard InChI is InChI=1S/C21H15Cl2FNO2P/c22-19(23)21(25-20(26)15-11-13-16(24)14-12-15)28(27,17-7-3-1-4-8-17)18-9-5-2-6-10-18/h1-14H,(H,25,26). The summed E-state index contributed by atoms with van der Waals surface area (Å²) < 4.78 is 27.1. The average molecular weight is 434 g/mol.